The highest BCUT2D eigenvalue weighted by atomic mass is 16.2. The third-order valence-electron chi connectivity index (χ3n) is 4.46. The Bertz CT molecular complexity index is 525. The van der Waals surface area contributed by atoms with Crippen LogP contribution in [0.2, 0.25) is 0 Å². The van der Waals surface area contributed by atoms with Gasteiger partial charge in [-0.15, -0.1) is 0 Å². The predicted molar refractivity (Wildman–Crippen MR) is 95.5 cm³/mol. The van der Waals surface area contributed by atoms with E-state index in [1.54, 1.807) is 0 Å². The third-order valence-corrected chi connectivity index (χ3v) is 4.46. The fourth-order valence-electron chi connectivity index (χ4n) is 3.27. The summed E-state index contributed by atoms with van der Waals surface area (Å²) in [6.45, 7) is 6.91. The zero-order valence-electron chi connectivity index (χ0n) is 14.8. The normalized spacial score (nSPS) is 17.2. The van der Waals surface area contributed by atoms with Crippen molar-refractivity contribution in [3.63, 3.8) is 0 Å². The maximum atomic E-state index is 12.4. The minimum atomic E-state index is -0.274. The quantitative estimate of drug-likeness (QED) is 0.805. The van der Waals surface area contributed by atoms with Gasteiger partial charge in [-0.1, -0.05) is 37.3 Å². The second-order valence-corrected chi connectivity index (χ2v) is 6.55. The number of hydrogen-bond acceptors (Lipinski definition) is 3. The zero-order valence-corrected chi connectivity index (χ0v) is 14.8. The highest BCUT2D eigenvalue weighted by molar-refractivity contribution is 5.79. The van der Waals surface area contributed by atoms with Gasteiger partial charge in [-0.25, -0.2) is 0 Å². The fourth-order valence-corrected chi connectivity index (χ4v) is 3.27. The highest BCUT2D eigenvalue weighted by Gasteiger charge is 2.22. The van der Waals surface area contributed by atoms with E-state index in [0.717, 1.165) is 38.0 Å². The summed E-state index contributed by atoms with van der Waals surface area (Å²) in [4.78, 5) is 26.3. The molecule has 0 aliphatic carbocycles. The number of benzene rings is 1. The van der Waals surface area contributed by atoms with Crippen LogP contribution in [0.5, 0.6) is 0 Å². The predicted octanol–water partition coefficient (Wildman–Crippen LogP) is 2.24. The molecule has 2 N–H and O–H groups in total. The van der Waals surface area contributed by atoms with Crippen molar-refractivity contribution in [2.75, 3.05) is 19.6 Å². The number of amides is 2. The summed E-state index contributed by atoms with van der Waals surface area (Å²) in [5, 5.41) is 6.02. The van der Waals surface area contributed by atoms with E-state index in [0.29, 0.717) is 0 Å². The Morgan fingerprint density at radius 2 is 1.88 bits per heavy atom. The molecule has 1 heterocycles. The molecule has 2 rings (SSSR count). The number of rotatable bonds is 7. The lowest BCUT2D eigenvalue weighted by molar-refractivity contribution is -0.123. The van der Waals surface area contributed by atoms with Gasteiger partial charge in [0.25, 0.3) is 0 Å². The van der Waals surface area contributed by atoms with Gasteiger partial charge in [-0.3, -0.25) is 9.59 Å². The largest absolute Gasteiger partial charge is 0.353 e. The number of nitrogens with one attached hydrogen (secondary N) is 2. The molecule has 1 atom stereocenters. The topological polar surface area (TPSA) is 61.4 Å². The monoisotopic (exact) mass is 331 g/mol. The van der Waals surface area contributed by atoms with Gasteiger partial charge in [0.1, 0.15) is 0 Å². The minimum Gasteiger partial charge on any atom is -0.353 e. The van der Waals surface area contributed by atoms with Crippen molar-refractivity contribution < 1.29 is 9.59 Å². The molecule has 1 aromatic rings. The molecule has 0 aromatic heterocycles. The SMILES string of the molecule is CCCN1CCC(NC(=O)CC(NC(C)=O)c2ccccc2)CC1. The molecule has 0 bridgehead atoms. The van der Waals surface area contributed by atoms with Crippen molar-refractivity contribution in [3.05, 3.63) is 35.9 Å². The van der Waals surface area contributed by atoms with Crippen LogP contribution >= 0.6 is 0 Å². The number of hydrogen-bond donors (Lipinski definition) is 2. The van der Waals surface area contributed by atoms with Gasteiger partial charge >= 0.3 is 0 Å². The molecule has 1 unspecified atom stereocenters. The average Bonchev–Trinajstić information content (AvgIpc) is 2.57. The molecule has 2 amide bonds. The van der Waals surface area contributed by atoms with Gasteiger partial charge in [-0.05, 0) is 31.4 Å². The Balaban J connectivity index is 1.86. The molecule has 1 aliphatic rings. The molecule has 132 valence electrons. The van der Waals surface area contributed by atoms with Crippen LogP contribution in [0.1, 0.15) is 51.1 Å². The summed E-state index contributed by atoms with van der Waals surface area (Å²) < 4.78 is 0. The van der Waals surface area contributed by atoms with Gasteiger partial charge in [-0.2, -0.15) is 0 Å². The van der Waals surface area contributed by atoms with Crippen LogP contribution in [0.4, 0.5) is 0 Å². The molecular weight excluding hydrogens is 302 g/mol. The summed E-state index contributed by atoms with van der Waals surface area (Å²) in [6, 6.07) is 9.63. The second-order valence-electron chi connectivity index (χ2n) is 6.55. The van der Waals surface area contributed by atoms with Crippen LogP contribution in [-0.4, -0.2) is 42.4 Å². The minimum absolute atomic E-state index is 0.00606. The number of piperidine rings is 1. The number of carbonyl (C=O) groups is 2. The Hall–Kier alpha value is -1.88. The summed E-state index contributed by atoms with van der Waals surface area (Å²) in [5.41, 5.74) is 0.959. The Labute approximate surface area is 144 Å². The standard InChI is InChI=1S/C19H29N3O2/c1-3-11-22-12-9-17(10-13-22)21-19(24)14-18(20-15(2)23)16-7-5-4-6-8-16/h4-8,17-18H,3,9-14H2,1-2H3,(H,20,23)(H,21,24). The van der Waals surface area contributed by atoms with Crippen molar-refractivity contribution in [2.45, 2.75) is 51.6 Å². The molecule has 1 aromatic carbocycles. The molecule has 1 aliphatic heterocycles. The van der Waals surface area contributed by atoms with Crippen LogP contribution in [-0.2, 0) is 9.59 Å². The van der Waals surface area contributed by atoms with Crippen LogP contribution in [0, 0.1) is 0 Å². The Kier molecular flexibility index (Phi) is 7.25. The molecule has 24 heavy (non-hydrogen) atoms. The van der Waals surface area contributed by atoms with Gasteiger partial charge in [0.05, 0.1) is 12.5 Å². The van der Waals surface area contributed by atoms with E-state index in [9.17, 15) is 9.59 Å². The average molecular weight is 331 g/mol. The second kappa shape index (κ2) is 9.42. The first-order valence-corrected chi connectivity index (χ1v) is 8.92. The molecule has 1 fully saturated rings. The van der Waals surface area contributed by atoms with E-state index in [1.165, 1.54) is 13.3 Å². The van der Waals surface area contributed by atoms with Crippen molar-refractivity contribution >= 4 is 11.8 Å². The molecule has 0 spiro atoms. The molecule has 0 saturated carbocycles. The number of nitrogens with zero attached hydrogens (tertiary/aromatic N) is 1. The first-order valence-electron chi connectivity index (χ1n) is 8.92. The molecule has 5 heteroatoms. The van der Waals surface area contributed by atoms with Crippen LogP contribution in [0.25, 0.3) is 0 Å². The van der Waals surface area contributed by atoms with Gasteiger partial charge in [0, 0.05) is 26.1 Å². The van der Waals surface area contributed by atoms with Gasteiger partial charge in [0.2, 0.25) is 11.8 Å². The lowest BCUT2D eigenvalue weighted by Gasteiger charge is -2.32. The molecular formula is C19H29N3O2. The summed E-state index contributed by atoms with van der Waals surface area (Å²) in [7, 11) is 0. The Morgan fingerprint density at radius 3 is 2.46 bits per heavy atom. The van der Waals surface area contributed by atoms with Crippen molar-refractivity contribution in [1.29, 1.82) is 0 Å². The fraction of sp³-hybridized carbons (Fsp3) is 0.579. The maximum absolute atomic E-state index is 12.4. The van der Waals surface area contributed by atoms with E-state index in [-0.39, 0.29) is 30.3 Å². The number of carbonyl (C=O) groups excluding carboxylic acids is 2. The van der Waals surface area contributed by atoms with Crippen molar-refractivity contribution in [1.82, 2.24) is 15.5 Å². The molecule has 5 nitrogen and oxygen atoms in total. The van der Waals surface area contributed by atoms with Crippen LogP contribution < -0.4 is 10.6 Å². The van der Waals surface area contributed by atoms with Crippen molar-refractivity contribution in [3.8, 4) is 0 Å². The highest BCUT2D eigenvalue weighted by Crippen LogP contribution is 2.17. The van der Waals surface area contributed by atoms with E-state index >= 15 is 0 Å². The lowest BCUT2D eigenvalue weighted by atomic mass is 10.0. The van der Waals surface area contributed by atoms with Crippen LogP contribution in [0.15, 0.2) is 30.3 Å². The Morgan fingerprint density at radius 1 is 1.21 bits per heavy atom. The lowest BCUT2D eigenvalue weighted by Crippen LogP contribution is -2.45. The summed E-state index contributed by atoms with van der Waals surface area (Å²) in [5.74, 6) is -0.115. The summed E-state index contributed by atoms with van der Waals surface area (Å²) in [6.07, 6.45) is 3.45. The number of likely N-dealkylation sites (tertiary alicyclic amines) is 1. The first kappa shape index (κ1) is 18.5. The van der Waals surface area contributed by atoms with E-state index in [1.807, 2.05) is 30.3 Å². The van der Waals surface area contributed by atoms with Gasteiger partial charge < -0.3 is 15.5 Å². The third kappa shape index (κ3) is 5.96. The molecule has 1 saturated heterocycles. The van der Waals surface area contributed by atoms with Gasteiger partial charge in [0.15, 0.2) is 0 Å². The smallest absolute Gasteiger partial charge is 0.222 e. The zero-order chi connectivity index (χ0) is 17.4. The van der Waals surface area contributed by atoms with E-state index in [2.05, 4.69) is 22.5 Å². The van der Waals surface area contributed by atoms with Crippen molar-refractivity contribution in [2.24, 2.45) is 0 Å². The van der Waals surface area contributed by atoms with E-state index in [4.69, 9.17) is 0 Å². The van der Waals surface area contributed by atoms with Crippen LogP contribution in [0.3, 0.4) is 0 Å². The molecule has 0 radical (unpaired) electrons. The maximum Gasteiger partial charge on any atom is 0.222 e. The van der Waals surface area contributed by atoms with E-state index < -0.39 is 0 Å². The summed E-state index contributed by atoms with van der Waals surface area (Å²) >= 11 is 0. The first-order chi connectivity index (χ1) is 11.6.